The topological polar surface area (TPSA) is 58.6 Å². The summed E-state index contributed by atoms with van der Waals surface area (Å²) in [5, 5.41) is 2.60. The highest BCUT2D eigenvalue weighted by Crippen LogP contribution is 2.17. The summed E-state index contributed by atoms with van der Waals surface area (Å²) in [7, 11) is 3.20. The molecular weight excluding hydrogens is 324 g/mol. The minimum atomic E-state index is -0.662. The first-order valence-corrected chi connectivity index (χ1v) is 7.00. The third-order valence-corrected chi connectivity index (χ3v) is 3.53. The zero-order valence-electron chi connectivity index (χ0n) is 11.9. The molecule has 1 aromatic carbocycles. The SMILES string of the molecule is COC(=O)C(CN(C)Cc1ccccc1Br)NC(C)=O. The lowest BCUT2D eigenvalue weighted by molar-refractivity contribution is -0.145. The molecule has 6 heteroatoms. The highest BCUT2D eigenvalue weighted by molar-refractivity contribution is 9.10. The molecule has 0 aromatic heterocycles. The maximum Gasteiger partial charge on any atom is 0.329 e. The van der Waals surface area contributed by atoms with Gasteiger partial charge in [-0.2, -0.15) is 0 Å². The standard InChI is InChI=1S/C14H19BrN2O3/c1-10(18)16-13(14(19)20-3)9-17(2)8-11-6-4-5-7-12(11)15/h4-7,13H,8-9H2,1-3H3,(H,16,18). The maximum absolute atomic E-state index is 11.6. The molecule has 1 N–H and O–H groups in total. The van der Waals surface area contributed by atoms with E-state index in [2.05, 4.69) is 21.2 Å². The van der Waals surface area contributed by atoms with E-state index in [1.165, 1.54) is 14.0 Å². The average Bonchev–Trinajstić information content (AvgIpc) is 2.39. The van der Waals surface area contributed by atoms with Crippen LogP contribution in [0, 0.1) is 0 Å². The van der Waals surface area contributed by atoms with Crippen LogP contribution < -0.4 is 5.32 Å². The molecule has 0 radical (unpaired) electrons. The number of rotatable bonds is 6. The number of esters is 1. The van der Waals surface area contributed by atoms with Crippen molar-refractivity contribution >= 4 is 27.8 Å². The van der Waals surface area contributed by atoms with E-state index in [1.54, 1.807) is 0 Å². The summed E-state index contributed by atoms with van der Waals surface area (Å²) >= 11 is 3.49. The third kappa shape index (κ3) is 5.30. The van der Waals surface area contributed by atoms with Crippen LogP contribution in [0.3, 0.4) is 0 Å². The van der Waals surface area contributed by atoms with Gasteiger partial charge in [-0.3, -0.25) is 9.69 Å². The van der Waals surface area contributed by atoms with E-state index in [1.807, 2.05) is 36.2 Å². The van der Waals surface area contributed by atoms with Gasteiger partial charge in [0.25, 0.3) is 0 Å². The van der Waals surface area contributed by atoms with Gasteiger partial charge in [-0.05, 0) is 18.7 Å². The molecule has 1 rings (SSSR count). The number of carbonyl (C=O) groups excluding carboxylic acids is 2. The minimum Gasteiger partial charge on any atom is -0.467 e. The van der Waals surface area contributed by atoms with Gasteiger partial charge >= 0.3 is 5.97 Å². The Bertz CT molecular complexity index is 479. The second-order valence-electron chi connectivity index (χ2n) is 4.56. The number of methoxy groups -OCH3 is 1. The number of carbonyl (C=O) groups is 2. The van der Waals surface area contributed by atoms with E-state index in [4.69, 9.17) is 4.74 Å². The molecule has 0 aliphatic heterocycles. The van der Waals surface area contributed by atoms with E-state index < -0.39 is 12.0 Å². The molecule has 0 heterocycles. The summed E-state index contributed by atoms with van der Waals surface area (Å²) in [6.07, 6.45) is 0. The number of halogens is 1. The summed E-state index contributed by atoms with van der Waals surface area (Å²) in [5.74, 6) is -0.700. The van der Waals surface area contributed by atoms with Crippen molar-refractivity contribution in [2.24, 2.45) is 0 Å². The number of ether oxygens (including phenoxy) is 1. The number of likely N-dealkylation sites (N-methyl/N-ethyl adjacent to an activating group) is 1. The monoisotopic (exact) mass is 342 g/mol. The zero-order valence-corrected chi connectivity index (χ0v) is 13.4. The molecule has 20 heavy (non-hydrogen) atoms. The van der Waals surface area contributed by atoms with E-state index in [-0.39, 0.29) is 5.91 Å². The number of nitrogens with zero attached hydrogens (tertiary/aromatic N) is 1. The Morgan fingerprint density at radius 2 is 2.05 bits per heavy atom. The largest absolute Gasteiger partial charge is 0.467 e. The lowest BCUT2D eigenvalue weighted by atomic mass is 10.2. The van der Waals surface area contributed by atoms with Crippen molar-refractivity contribution in [1.82, 2.24) is 10.2 Å². The predicted molar refractivity (Wildman–Crippen MR) is 80.1 cm³/mol. The molecule has 1 aromatic rings. The third-order valence-electron chi connectivity index (χ3n) is 2.76. The number of hydrogen-bond acceptors (Lipinski definition) is 4. The van der Waals surface area contributed by atoms with E-state index in [0.29, 0.717) is 13.1 Å². The second-order valence-corrected chi connectivity index (χ2v) is 5.42. The van der Waals surface area contributed by atoms with Crippen LogP contribution in [0.1, 0.15) is 12.5 Å². The molecule has 0 saturated heterocycles. The average molecular weight is 343 g/mol. The Morgan fingerprint density at radius 1 is 1.40 bits per heavy atom. The van der Waals surface area contributed by atoms with Crippen LogP contribution in [0.25, 0.3) is 0 Å². The minimum absolute atomic E-state index is 0.255. The molecule has 0 bridgehead atoms. The van der Waals surface area contributed by atoms with Crippen molar-refractivity contribution in [3.8, 4) is 0 Å². The summed E-state index contributed by atoms with van der Waals surface area (Å²) in [6, 6.07) is 7.22. The van der Waals surface area contributed by atoms with Crippen molar-refractivity contribution in [2.75, 3.05) is 20.7 Å². The van der Waals surface area contributed by atoms with Crippen LogP contribution in [-0.4, -0.2) is 43.5 Å². The molecule has 110 valence electrons. The van der Waals surface area contributed by atoms with Crippen LogP contribution in [0.2, 0.25) is 0 Å². The van der Waals surface area contributed by atoms with E-state index >= 15 is 0 Å². The molecule has 0 spiro atoms. The molecule has 1 amide bonds. The van der Waals surface area contributed by atoms with Crippen molar-refractivity contribution in [1.29, 1.82) is 0 Å². The van der Waals surface area contributed by atoms with Gasteiger partial charge in [0.15, 0.2) is 0 Å². The Balaban J connectivity index is 2.66. The Labute approximate surface area is 127 Å². The van der Waals surface area contributed by atoms with Gasteiger partial charge in [0, 0.05) is 24.5 Å². The summed E-state index contributed by atoms with van der Waals surface area (Å²) in [4.78, 5) is 24.7. The Hall–Kier alpha value is -1.40. The molecule has 1 atom stereocenters. The summed E-state index contributed by atoms with van der Waals surface area (Å²) < 4.78 is 5.71. The fraction of sp³-hybridized carbons (Fsp3) is 0.429. The molecular formula is C14H19BrN2O3. The molecule has 0 saturated carbocycles. The van der Waals surface area contributed by atoms with Crippen LogP contribution in [0.5, 0.6) is 0 Å². The van der Waals surface area contributed by atoms with Gasteiger partial charge in [-0.1, -0.05) is 34.1 Å². The zero-order chi connectivity index (χ0) is 15.1. The first-order chi connectivity index (χ1) is 9.43. The molecule has 1 unspecified atom stereocenters. The molecule has 0 fully saturated rings. The number of nitrogens with one attached hydrogen (secondary N) is 1. The lowest BCUT2D eigenvalue weighted by Gasteiger charge is -2.23. The van der Waals surface area contributed by atoms with Crippen molar-refractivity contribution in [2.45, 2.75) is 19.5 Å². The normalized spacial score (nSPS) is 12.1. The first kappa shape index (κ1) is 16.7. The first-order valence-electron chi connectivity index (χ1n) is 6.21. The van der Waals surface area contributed by atoms with E-state index in [0.717, 1.165) is 10.0 Å². The van der Waals surface area contributed by atoms with Crippen molar-refractivity contribution in [3.05, 3.63) is 34.3 Å². The van der Waals surface area contributed by atoms with Gasteiger partial charge in [-0.15, -0.1) is 0 Å². The van der Waals surface area contributed by atoms with E-state index in [9.17, 15) is 9.59 Å². The van der Waals surface area contributed by atoms with Gasteiger partial charge in [0.2, 0.25) is 5.91 Å². The number of hydrogen-bond donors (Lipinski definition) is 1. The second kappa shape index (κ2) is 8.01. The summed E-state index contributed by atoms with van der Waals surface area (Å²) in [6.45, 7) is 2.42. The van der Waals surface area contributed by atoms with Crippen molar-refractivity contribution in [3.63, 3.8) is 0 Å². The quantitative estimate of drug-likeness (QED) is 0.797. The van der Waals surface area contributed by atoms with Gasteiger partial charge in [0.05, 0.1) is 7.11 Å². The Kier molecular flexibility index (Phi) is 6.67. The molecule has 0 aliphatic carbocycles. The lowest BCUT2D eigenvalue weighted by Crippen LogP contribution is -2.47. The fourth-order valence-electron chi connectivity index (χ4n) is 1.86. The fourth-order valence-corrected chi connectivity index (χ4v) is 2.27. The predicted octanol–water partition coefficient (Wildman–Crippen LogP) is 1.56. The maximum atomic E-state index is 11.6. The Morgan fingerprint density at radius 3 is 2.60 bits per heavy atom. The van der Waals surface area contributed by atoms with Gasteiger partial charge in [-0.25, -0.2) is 4.79 Å². The number of benzene rings is 1. The number of amides is 1. The van der Waals surface area contributed by atoms with Crippen LogP contribution in [0.4, 0.5) is 0 Å². The van der Waals surface area contributed by atoms with Crippen molar-refractivity contribution < 1.29 is 14.3 Å². The van der Waals surface area contributed by atoms with Gasteiger partial charge < -0.3 is 10.1 Å². The smallest absolute Gasteiger partial charge is 0.329 e. The van der Waals surface area contributed by atoms with Crippen LogP contribution in [-0.2, 0) is 20.9 Å². The van der Waals surface area contributed by atoms with Crippen LogP contribution >= 0.6 is 15.9 Å². The molecule has 5 nitrogen and oxygen atoms in total. The van der Waals surface area contributed by atoms with Crippen LogP contribution in [0.15, 0.2) is 28.7 Å². The highest BCUT2D eigenvalue weighted by atomic mass is 79.9. The summed E-state index contributed by atoms with van der Waals surface area (Å²) in [5.41, 5.74) is 1.11. The highest BCUT2D eigenvalue weighted by Gasteiger charge is 2.22. The van der Waals surface area contributed by atoms with Gasteiger partial charge in [0.1, 0.15) is 6.04 Å². The molecule has 0 aliphatic rings.